The Kier molecular flexibility index (Phi) is 3.99. The van der Waals surface area contributed by atoms with Gasteiger partial charge in [0, 0.05) is 19.3 Å². The van der Waals surface area contributed by atoms with Crippen LogP contribution in [0.1, 0.15) is 31.9 Å². The first-order chi connectivity index (χ1) is 7.79. The average molecular weight is 240 g/mol. The van der Waals surface area contributed by atoms with Crippen LogP contribution in [0.5, 0.6) is 0 Å². The molecule has 2 heterocycles. The topological polar surface area (TPSA) is 29.0 Å². The van der Waals surface area contributed by atoms with Gasteiger partial charge in [-0.1, -0.05) is 6.92 Å². The minimum atomic E-state index is 0.436. The Hall–Kier alpha value is -0.830. The number of alkyl halides is 1. The molecule has 0 saturated carbocycles. The highest BCUT2D eigenvalue weighted by atomic mass is 35.5. The van der Waals surface area contributed by atoms with Crippen LogP contribution in [0.2, 0.25) is 0 Å². The second-order valence-electron chi connectivity index (χ2n) is 4.53. The molecule has 1 aliphatic rings. The summed E-state index contributed by atoms with van der Waals surface area (Å²) < 4.78 is 0. The van der Waals surface area contributed by atoms with Gasteiger partial charge in [0.1, 0.15) is 5.82 Å². The molecule has 1 aliphatic heterocycles. The summed E-state index contributed by atoms with van der Waals surface area (Å²) in [5.74, 6) is 2.24. The van der Waals surface area contributed by atoms with Gasteiger partial charge in [-0.15, -0.1) is 11.6 Å². The minimum absolute atomic E-state index is 0.436. The third kappa shape index (κ3) is 2.85. The highest BCUT2D eigenvalue weighted by Crippen LogP contribution is 2.20. The van der Waals surface area contributed by atoms with E-state index in [4.69, 9.17) is 11.6 Å². The summed E-state index contributed by atoms with van der Waals surface area (Å²) in [6, 6.07) is 0. The SMILES string of the molecule is CC1CCCN(c2cncc(CCl)n2)CC1. The zero-order valence-electron chi connectivity index (χ0n) is 9.69. The van der Waals surface area contributed by atoms with Crippen LogP contribution in [0.15, 0.2) is 12.4 Å². The van der Waals surface area contributed by atoms with E-state index in [1.807, 2.05) is 6.20 Å². The van der Waals surface area contributed by atoms with Crippen molar-refractivity contribution < 1.29 is 0 Å². The molecule has 0 amide bonds. The molecular formula is C12H18ClN3. The lowest BCUT2D eigenvalue weighted by molar-refractivity contribution is 0.521. The van der Waals surface area contributed by atoms with Crippen molar-refractivity contribution in [2.75, 3.05) is 18.0 Å². The number of nitrogens with zero attached hydrogens (tertiary/aromatic N) is 3. The second kappa shape index (κ2) is 5.48. The van der Waals surface area contributed by atoms with Crippen molar-refractivity contribution in [3.05, 3.63) is 18.1 Å². The number of halogens is 1. The van der Waals surface area contributed by atoms with Crippen molar-refractivity contribution in [3.8, 4) is 0 Å². The van der Waals surface area contributed by atoms with Gasteiger partial charge in [-0.3, -0.25) is 4.98 Å². The summed E-state index contributed by atoms with van der Waals surface area (Å²) in [6.07, 6.45) is 7.38. The fourth-order valence-corrected chi connectivity index (χ4v) is 2.23. The maximum atomic E-state index is 5.77. The first-order valence-corrected chi connectivity index (χ1v) is 6.45. The van der Waals surface area contributed by atoms with E-state index in [9.17, 15) is 0 Å². The molecule has 16 heavy (non-hydrogen) atoms. The third-order valence-electron chi connectivity index (χ3n) is 3.15. The molecule has 0 N–H and O–H groups in total. The molecule has 0 aromatic carbocycles. The highest BCUT2D eigenvalue weighted by molar-refractivity contribution is 6.16. The molecule has 1 saturated heterocycles. The first kappa shape index (κ1) is 11.6. The lowest BCUT2D eigenvalue weighted by Gasteiger charge is -2.21. The molecule has 0 aliphatic carbocycles. The van der Waals surface area contributed by atoms with Crippen molar-refractivity contribution >= 4 is 17.4 Å². The van der Waals surface area contributed by atoms with Crippen LogP contribution < -0.4 is 4.90 Å². The van der Waals surface area contributed by atoms with Gasteiger partial charge in [0.25, 0.3) is 0 Å². The summed E-state index contributed by atoms with van der Waals surface area (Å²) in [6.45, 7) is 4.50. The molecule has 2 rings (SSSR count). The monoisotopic (exact) mass is 239 g/mol. The number of anilines is 1. The summed E-state index contributed by atoms with van der Waals surface area (Å²) in [5, 5.41) is 0. The van der Waals surface area contributed by atoms with E-state index >= 15 is 0 Å². The van der Waals surface area contributed by atoms with E-state index in [2.05, 4.69) is 21.8 Å². The van der Waals surface area contributed by atoms with Crippen LogP contribution in [0.3, 0.4) is 0 Å². The normalized spacial score (nSPS) is 21.9. The summed E-state index contributed by atoms with van der Waals surface area (Å²) in [5.41, 5.74) is 0.858. The molecule has 0 spiro atoms. The largest absolute Gasteiger partial charge is 0.355 e. The van der Waals surface area contributed by atoms with E-state index < -0.39 is 0 Å². The minimum Gasteiger partial charge on any atom is -0.355 e. The molecule has 1 aromatic heterocycles. The lowest BCUT2D eigenvalue weighted by Crippen LogP contribution is -2.25. The van der Waals surface area contributed by atoms with E-state index in [-0.39, 0.29) is 0 Å². The van der Waals surface area contributed by atoms with Gasteiger partial charge in [0.15, 0.2) is 0 Å². The van der Waals surface area contributed by atoms with E-state index in [1.165, 1.54) is 19.3 Å². The second-order valence-corrected chi connectivity index (χ2v) is 4.79. The molecule has 1 unspecified atom stereocenters. The van der Waals surface area contributed by atoms with E-state index in [0.717, 1.165) is 30.5 Å². The van der Waals surface area contributed by atoms with Gasteiger partial charge in [-0.2, -0.15) is 0 Å². The van der Waals surface area contributed by atoms with Crippen molar-refractivity contribution in [2.24, 2.45) is 5.92 Å². The van der Waals surface area contributed by atoms with Crippen molar-refractivity contribution in [1.82, 2.24) is 9.97 Å². The Morgan fingerprint density at radius 1 is 1.38 bits per heavy atom. The number of aromatic nitrogens is 2. The standard InChI is InChI=1S/C12H18ClN3/c1-10-3-2-5-16(6-4-10)12-9-14-8-11(7-13)15-12/h8-10H,2-7H2,1H3. The smallest absolute Gasteiger partial charge is 0.147 e. The fourth-order valence-electron chi connectivity index (χ4n) is 2.10. The summed E-state index contributed by atoms with van der Waals surface area (Å²) in [4.78, 5) is 11.0. The van der Waals surface area contributed by atoms with E-state index in [1.54, 1.807) is 6.20 Å². The first-order valence-electron chi connectivity index (χ1n) is 5.91. The quantitative estimate of drug-likeness (QED) is 0.744. The van der Waals surface area contributed by atoms with E-state index in [0.29, 0.717) is 5.88 Å². The zero-order chi connectivity index (χ0) is 11.4. The van der Waals surface area contributed by atoms with Crippen molar-refractivity contribution in [3.63, 3.8) is 0 Å². The van der Waals surface area contributed by atoms with Gasteiger partial charge in [0.2, 0.25) is 0 Å². The average Bonchev–Trinajstić information content (AvgIpc) is 2.54. The van der Waals surface area contributed by atoms with Gasteiger partial charge in [-0.25, -0.2) is 4.98 Å². The zero-order valence-corrected chi connectivity index (χ0v) is 10.5. The molecule has 88 valence electrons. The molecule has 4 heteroatoms. The van der Waals surface area contributed by atoms with Crippen LogP contribution in [0.25, 0.3) is 0 Å². The Morgan fingerprint density at radius 3 is 3.06 bits per heavy atom. The van der Waals surface area contributed by atoms with Crippen LogP contribution >= 0.6 is 11.6 Å². The molecule has 0 radical (unpaired) electrons. The molecule has 1 aromatic rings. The Balaban J connectivity index is 2.10. The number of hydrogen-bond acceptors (Lipinski definition) is 3. The predicted octanol–water partition coefficient (Wildman–Crippen LogP) is 2.84. The third-order valence-corrected chi connectivity index (χ3v) is 3.42. The Morgan fingerprint density at radius 2 is 2.25 bits per heavy atom. The lowest BCUT2D eigenvalue weighted by atomic mass is 10.0. The Labute approximate surface area is 102 Å². The van der Waals surface area contributed by atoms with Crippen LogP contribution in [-0.4, -0.2) is 23.1 Å². The van der Waals surface area contributed by atoms with Gasteiger partial charge >= 0.3 is 0 Å². The molecule has 1 fully saturated rings. The number of hydrogen-bond donors (Lipinski definition) is 0. The summed E-state index contributed by atoms with van der Waals surface area (Å²) >= 11 is 5.77. The molecule has 1 atom stereocenters. The van der Waals surface area contributed by atoms with Gasteiger partial charge in [-0.05, 0) is 25.2 Å². The van der Waals surface area contributed by atoms with Crippen LogP contribution in [0.4, 0.5) is 5.82 Å². The summed E-state index contributed by atoms with van der Waals surface area (Å²) in [7, 11) is 0. The maximum Gasteiger partial charge on any atom is 0.147 e. The van der Waals surface area contributed by atoms with Crippen LogP contribution in [-0.2, 0) is 5.88 Å². The predicted molar refractivity (Wildman–Crippen MR) is 66.8 cm³/mol. The Bertz CT molecular complexity index is 343. The van der Waals surface area contributed by atoms with Gasteiger partial charge in [0.05, 0.1) is 17.8 Å². The van der Waals surface area contributed by atoms with Crippen molar-refractivity contribution in [2.45, 2.75) is 32.1 Å². The molecular weight excluding hydrogens is 222 g/mol. The maximum absolute atomic E-state index is 5.77. The number of rotatable bonds is 2. The highest BCUT2D eigenvalue weighted by Gasteiger charge is 2.15. The van der Waals surface area contributed by atoms with Crippen molar-refractivity contribution in [1.29, 1.82) is 0 Å². The molecule has 3 nitrogen and oxygen atoms in total. The fraction of sp³-hybridized carbons (Fsp3) is 0.667. The van der Waals surface area contributed by atoms with Crippen LogP contribution in [0, 0.1) is 5.92 Å². The molecule has 0 bridgehead atoms. The van der Waals surface area contributed by atoms with Gasteiger partial charge < -0.3 is 4.90 Å².